The lowest BCUT2D eigenvalue weighted by molar-refractivity contribution is -0.130. The molecule has 0 aliphatic carbocycles. The summed E-state index contributed by atoms with van der Waals surface area (Å²) in [4.78, 5) is 38.0. The zero-order valence-electron chi connectivity index (χ0n) is 14.1. The summed E-state index contributed by atoms with van der Waals surface area (Å²) in [6, 6.07) is 11.6. The van der Waals surface area contributed by atoms with Gasteiger partial charge in [-0.15, -0.1) is 0 Å². The van der Waals surface area contributed by atoms with Crippen molar-refractivity contribution in [3.05, 3.63) is 64.4 Å². The molecule has 142 valence electrons. The van der Waals surface area contributed by atoms with Crippen molar-refractivity contribution < 1.29 is 18.8 Å². The fourth-order valence-corrected chi connectivity index (χ4v) is 2.95. The number of halogens is 2. The predicted octanol–water partition coefficient (Wildman–Crippen LogP) is 2.37. The van der Waals surface area contributed by atoms with E-state index in [1.54, 1.807) is 24.3 Å². The second kappa shape index (κ2) is 8.36. The summed E-state index contributed by atoms with van der Waals surface area (Å²) in [5.74, 6) is -3.61. The highest BCUT2D eigenvalue weighted by atomic mass is 79.9. The molecule has 1 atom stereocenters. The van der Waals surface area contributed by atoms with Crippen LogP contribution >= 0.6 is 28.1 Å². The SMILES string of the molecule is O=C(N/N=C\[C@@H]1C(=O)NC(=S)N(c2ccc(Br)cc2)C1=O)c1ccc(F)cc1. The van der Waals surface area contributed by atoms with Gasteiger partial charge in [-0.05, 0) is 60.7 Å². The molecule has 3 rings (SSSR count). The topological polar surface area (TPSA) is 90.9 Å². The van der Waals surface area contributed by atoms with Gasteiger partial charge in [-0.1, -0.05) is 15.9 Å². The van der Waals surface area contributed by atoms with Crippen LogP contribution in [0.3, 0.4) is 0 Å². The van der Waals surface area contributed by atoms with Crippen LogP contribution in [0.2, 0.25) is 0 Å². The molecule has 10 heteroatoms. The van der Waals surface area contributed by atoms with Gasteiger partial charge in [-0.25, -0.2) is 9.82 Å². The Hall–Kier alpha value is -2.98. The summed E-state index contributed by atoms with van der Waals surface area (Å²) in [5.41, 5.74) is 2.85. The molecule has 2 aromatic carbocycles. The van der Waals surface area contributed by atoms with Crippen LogP contribution in [-0.2, 0) is 9.59 Å². The van der Waals surface area contributed by atoms with Gasteiger partial charge >= 0.3 is 0 Å². The number of amides is 3. The minimum absolute atomic E-state index is 0.0441. The third-order valence-corrected chi connectivity index (χ3v) is 4.60. The molecule has 0 radical (unpaired) electrons. The van der Waals surface area contributed by atoms with Crippen molar-refractivity contribution in [3.63, 3.8) is 0 Å². The van der Waals surface area contributed by atoms with Gasteiger partial charge in [-0.2, -0.15) is 5.10 Å². The van der Waals surface area contributed by atoms with E-state index in [1.165, 1.54) is 17.0 Å². The molecule has 1 saturated heterocycles. The Bertz CT molecular complexity index is 979. The summed E-state index contributed by atoms with van der Waals surface area (Å²) in [5, 5.41) is 6.08. The van der Waals surface area contributed by atoms with E-state index in [9.17, 15) is 18.8 Å². The van der Waals surface area contributed by atoms with Gasteiger partial charge in [0.2, 0.25) is 5.91 Å². The Kier molecular flexibility index (Phi) is 5.90. The first-order valence-corrected chi connectivity index (χ1v) is 9.10. The maximum absolute atomic E-state index is 12.9. The highest BCUT2D eigenvalue weighted by Crippen LogP contribution is 2.22. The van der Waals surface area contributed by atoms with Gasteiger partial charge < -0.3 is 5.32 Å². The van der Waals surface area contributed by atoms with Crippen LogP contribution in [0, 0.1) is 11.7 Å². The summed E-state index contributed by atoms with van der Waals surface area (Å²) < 4.78 is 13.7. The fraction of sp³-hybridized carbons (Fsp3) is 0.0556. The Labute approximate surface area is 172 Å². The molecule has 0 unspecified atom stereocenters. The Morgan fingerprint density at radius 3 is 2.46 bits per heavy atom. The maximum Gasteiger partial charge on any atom is 0.271 e. The van der Waals surface area contributed by atoms with Gasteiger partial charge in [-0.3, -0.25) is 19.3 Å². The highest BCUT2D eigenvalue weighted by Gasteiger charge is 2.38. The largest absolute Gasteiger partial charge is 0.301 e. The second-order valence-corrected chi connectivity index (χ2v) is 6.95. The standard InChI is InChI=1S/C18H12BrFN4O3S/c19-11-3-7-13(8-4-11)24-17(27)14(16(26)22-18(24)28)9-21-23-15(25)10-1-5-12(20)6-2-10/h1-9,14H,(H,23,25)(H,22,26,28)/b21-9-/t14-/m1/s1. The summed E-state index contributed by atoms with van der Waals surface area (Å²) in [7, 11) is 0. The lowest BCUT2D eigenvalue weighted by atomic mass is 10.1. The molecule has 1 heterocycles. The number of nitrogens with zero attached hydrogens (tertiary/aromatic N) is 2. The van der Waals surface area contributed by atoms with Crippen LogP contribution < -0.4 is 15.6 Å². The number of hydrazone groups is 1. The van der Waals surface area contributed by atoms with Crippen LogP contribution in [0.15, 0.2) is 58.1 Å². The monoisotopic (exact) mass is 462 g/mol. The first kappa shape index (κ1) is 19.8. The highest BCUT2D eigenvalue weighted by molar-refractivity contribution is 9.10. The van der Waals surface area contributed by atoms with E-state index < -0.39 is 29.5 Å². The normalized spacial score (nSPS) is 17.0. The number of thiocarbonyl (C=S) groups is 1. The lowest BCUT2D eigenvalue weighted by Gasteiger charge is -2.30. The molecular weight excluding hydrogens is 451 g/mol. The molecule has 0 saturated carbocycles. The minimum Gasteiger partial charge on any atom is -0.301 e. The number of hydrogen-bond acceptors (Lipinski definition) is 5. The molecule has 2 N–H and O–H groups in total. The molecule has 0 aromatic heterocycles. The van der Waals surface area contributed by atoms with Gasteiger partial charge in [0.1, 0.15) is 5.82 Å². The summed E-state index contributed by atoms with van der Waals surface area (Å²) in [6.45, 7) is 0. The van der Waals surface area contributed by atoms with Crippen LogP contribution in [0.25, 0.3) is 0 Å². The Morgan fingerprint density at radius 2 is 1.82 bits per heavy atom. The number of nitrogens with one attached hydrogen (secondary N) is 2. The van der Waals surface area contributed by atoms with Gasteiger partial charge in [0.05, 0.1) is 5.69 Å². The third-order valence-electron chi connectivity index (χ3n) is 3.78. The fourth-order valence-electron chi connectivity index (χ4n) is 2.39. The Morgan fingerprint density at radius 1 is 1.18 bits per heavy atom. The van der Waals surface area contributed by atoms with E-state index in [-0.39, 0.29) is 10.7 Å². The van der Waals surface area contributed by atoms with E-state index in [2.05, 4.69) is 31.8 Å². The molecular formula is C18H12BrFN4O3S. The van der Waals surface area contributed by atoms with E-state index in [0.717, 1.165) is 22.8 Å². The molecule has 0 spiro atoms. The lowest BCUT2D eigenvalue weighted by Crippen LogP contribution is -2.58. The minimum atomic E-state index is -1.27. The molecule has 2 aromatic rings. The first-order chi connectivity index (χ1) is 13.4. The van der Waals surface area contributed by atoms with Crippen molar-refractivity contribution in [1.29, 1.82) is 0 Å². The zero-order chi connectivity index (χ0) is 20.3. The van der Waals surface area contributed by atoms with E-state index in [4.69, 9.17) is 12.2 Å². The van der Waals surface area contributed by atoms with Gasteiger partial charge in [0.15, 0.2) is 11.0 Å². The van der Waals surface area contributed by atoms with Crippen LogP contribution in [0.4, 0.5) is 10.1 Å². The van der Waals surface area contributed by atoms with E-state index in [1.807, 2.05) is 0 Å². The number of hydrogen-bond donors (Lipinski definition) is 2. The summed E-state index contributed by atoms with van der Waals surface area (Å²) >= 11 is 8.40. The average molecular weight is 463 g/mol. The van der Waals surface area contributed by atoms with Gasteiger partial charge in [0.25, 0.3) is 11.8 Å². The smallest absolute Gasteiger partial charge is 0.271 e. The number of anilines is 1. The zero-order valence-corrected chi connectivity index (χ0v) is 16.5. The van der Waals surface area contributed by atoms with Crippen LogP contribution in [0.1, 0.15) is 10.4 Å². The Balaban J connectivity index is 1.74. The number of benzene rings is 2. The molecule has 3 amide bonds. The molecule has 1 aliphatic rings. The van der Waals surface area contributed by atoms with Gasteiger partial charge in [0, 0.05) is 16.3 Å². The second-order valence-electron chi connectivity index (χ2n) is 5.65. The van der Waals surface area contributed by atoms with E-state index in [0.29, 0.717) is 5.69 Å². The number of rotatable bonds is 4. The molecule has 0 bridgehead atoms. The predicted molar refractivity (Wildman–Crippen MR) is 108 cm³/mol. The molecule has 28 heavy (non-hydrogen) atoms. The molecule has 7 nitrogen and oxygen atoms in total. The molecule has 1 fully saturated rings. The van der Waals surface area contributed by atoms with E-state index >= 15 is 0 Å². The molecule has 1 aliphatic heterocycles. The van der Waals surface area contributed by atoms with Crippen molar-refractivity contribution in [2.75, 3.05) is 4.90 Å². The first-order valence-electron chi connectivity index (χ1n) is 7.90. The van der Waals surface area contributed by atoms with Crippen molar-refractivity contribution in [2.24, 2.45) is 11.0 Å². The van der Waals surface area contributed by atoms with Crippen LogP contribution in [0.5, 0.6) is 0 Å². The third kappa shape index (κ3) is 4.29. The van der Waals surface area contributed by atoms with Crippen LogP contribution in [-0.4, -0.2) is 29.0 Å². The van der Waals surface area contributed by atoms with Crippen molar-refractivity contribution in [1.82, 2.24) is 10.7 Å². The van der Waals surface area contributed by atoms with Crippen molar-refractivity contribution in [3.8, 4) is 0 Å². The quantitative estimate of drug-likeness (QED) is 0.315. The average Bonchev–Trinajstić information content (AvgIpc) is 2.66. The maximum atomic E-state index is 12.9. The van der Waals surface area contributed by atoms with Crippen molar-refractivity contribution >= 4 is 62.9 Å². The summed E-state index contributed by atoms with van der Waals surface area (Å²) in [6.07, 6.45) is 1.02. The number of carbonyl (C=O) groups excluding carboxylic acids is 3. The number of carbonyl (C=O) groups is 3. The van der Waals surface area contributed by atoms with Crippen molar-refractivity contribution in [2.45, 2.75) is 0 Å².